The summed E-state index contributed by atoms with van der Waals surface area (Å²) >= 11 is 6.50. The van der Waals surface area contributed by atoms with E-state index in [-0.39, 0.29) is 21.2 Å². The second kappa shape index (κ2) is 12.5. The van der Waals surface area contributed by atoms with Gasteiger partial charge in [-0.2, -0.15) is 8.70 Å². The zero-order chi connectivity index (χ0) is 30.0. The van der Waals surface area contributed by atoms with Crippen LogP contribution in [0.1, 0.15) is 6.42 Å². The number of piperazine rings is 1. The molecule has 5 rings (SSSR count). The summed E-state index contributed by atoms with van der Waals surface area (Å²) in [5.41, 5.74) is 1.15. The Kier molecular flexibility index (Phi) is 8.94. The highest BCUT2D eigenvalue weighted by Gasteiger charge is 2.30. The van der Waals surface area contributed by atoms with Crippen LogP contribution in [0.3, 0.4) is 0 Å². The van der Waals surface area contributed by atoms with Crippen molar-refractivity contribution in [2.75, 3.05) is 65.8 Å². The minimum atomic E-state index is -3.78. The Bertz CT molecular complexity index is 1690. The molecule has 0 unspecified atom stereocenters. The first-order valence-electron chi connectivity index (χ1n) is 13.4. The van der Waals surface area contributed by atoms with Crippen LogP contribution >= 0.6 is 11.6 Å². The van der Waals surface area contributed by atoms with E-state index in [4.69, 9.17) is 16.3 Å². The van der Waals surface area contributed by atoms with Gasteiger partial charge >= 0.3 is 0 Å². The SMILES string of the molecule is COc1ccc(-c2cnc3c(Nc4ccc(S(=O)(=O)N5CCN(CCCN(C)C)CC5)c(Cl)c4)nccn23)c(F)c1F. The van der Waals surface area contributed by atoms with Gasteiger partial charge in [0.25, 0.3) is 0 Å². The van der Waals surface area contributed by atoms with Crippen molar-refractivity contribution in [3.8, 4) is 17.0 Å². The Balaban J connectivity index is 1.32. The molecule has 224 valence electrons. The lowest BCUT2D eigenvalue weighted by Crippen LogP contribution is -2.49. The molecule has 3 heterocycles. The summed E-state index contributed by atoms with van der Waals surface area (Å²) in [7, 11) is 1.55. The monoisotopic (exact) mass is 619 g/mol. The number of benzene rings is 2. The molecule has 1 aliphatic heterocycles. The van der Waals surface area contributed by atoms with Gasteiger partial charge < -0.3 is 19.9 Å². The topological polar surface area (TPSA) is 95.3 Å². The van der Waals surface area contributed by atoms with Crippen LogP contribution < -0.4 is 10.1 Å². The number of hydrogen-bond acceptors (Lipinski definition) is 8. The lowest BCUT2D eigenvalue weighted by atomic mass is 10.1. The van der Waals surface area contributed by atoms with Gasteiger partial charge in [-0.15, -0.1) is 0 Å². The third-order valence-electron chi connectivity index (χ3n) is 7.19. The van der Waals surface area contributed by atoms with Crippen molar-refractivity contribution in [3.05, 3.63) is 65.6 Å². The number of imidazole rings is 1. The molecule has 1 aliphatic rings. The molecule has 0 atom stereocenters. The highest BCUT2D eigenvalue weighted by Crippen LogP contribution is 2.33. The Labute approximate surface area is 248 Å². The molecular formula is C28H32ClF2N7O3S. The van der Waals surface area contributed by atoms with E-state index < -0.39 is 21.7 Å². The van der Waals surface area contributed by atoms with E-state index in [0.717, 1.165) is 19.5 Å². The van der Waals surface area contributed by atoms with Crippen molar-refractivity contribution >= 4 is 38.8 Å². The summed E-state index contributed by atoms with van der Waals surface area (Å²) in [5, 5.41) is 3.17. The molecule has 10 nitrogen and oxygen atoms in total. The highest BCUT2D eigenvalue weighted by molar-refractivity contribution is 7.89. The molecule has 1 N–H and O–H groups in total. The van der Waals surface area contributed by atoms with Crippen molar-refractivity contribution in [2.24, 2.45) is 0 Å². The zero-order valence-electron chi connectivity index (χ0n) is 23.5. The maximum absolute atomic E-state index is 14.8. The van der Waals surface area contributed by atoms with Crippen LogP contribution in [0.4, 0.5) is 20.3 Å². The van der Waals surface area contributed by atoms with E-state index in [9.17, 15) is 17.2 Å². The zero-order valence-corrected chi connectivity index (χ0v) is 25.1. The predicted octanol–water partition coefficient (Wildman–Crippen LogP) is 4.34. The molecule has 1 saturated heterocycles. The fraction of sp³-hybridized carbons (Fsp3) is 0.357. The summed E-state index contributed by atoms with van der Waals surface area (Å²) in [6, 6.07) is 7.34. The molecule has 14 heteroatoms. The summed E-state index contributed by atoms with van der Waals surface area (Å²) in [4.78, 5) is 13.1. The number of methoxy groups -OCH3 is 1. The number of sulfonamides is 1. The highest BCUT2D eigenvalue weighted by atomic mass is 35.5. The van der Waals surface area contributed by atoms with E-state index in [0.29, 0.717) is 49.0 Å². The summed E-state index contributed by atoms with van der Waals surface area (Å²) < 4.78 is 63.9. The van der Waals surface area contributed by atoms with Gasteiger partial charge in [0.2, 0.25) is 15.8 Å². The Morgan fingerprint density at radius 3 is 2.52 bits per heavy atom. The lowest BCUT2D eigenvalue weighted by Gasteiger charge is -2.34. The first kappa shape index (κ1) is 30.1. The Hall–Kier alpha value is -3.36. The van der Waals surface area contributed by atoms with Gasteiger partial charge in [0.15, 0.2) is 23.0 Å². The first-order valence-corrected chi connectivity index (χ1v) is 15.2. The van der Waals surface area contributed by atoms with Gasteiger partial charge in [0, 0.05) is 49.8 Å². The molecule has 0 spiro atoms. The Morgan fingerprint density at radius 2 is 1.83 bits per heavy atom. The summed E-state index contributed by atoms with van der Waals surface area (Å²) in [5.74, 6) is -2.04. The number of nitrogens with zero attached hydrogens (tertiary/aromatic N) is 6. The molecular weight excluding hydrogens is 588 g/mol. The molecule has 0 amide bonds. The number of hydrogen-bond donors (Lipinski definition) is 1. The van der Waals surface area contributed by atoms with Crippen LogP contribution in [-0.4, -0.2) is 97.4 Å². The molecule has 2 aromatic heterocycles. The van der Waals surface area contributed by atoms with Crippen LogP contribution in [-0.2, 0) is 10.0 Å². The van der Waals surface area contributed by atoms with Crippen molar-refractivity contribution in [3.63, 3.8) is 0 Å². The van der Waals surface area contributed by atoms with Crippen LogP contribution in [0.2, 0.25) is 5.02 Å². The minimum Gasteiger partial charge on any atom is -0.494 e. The third-order valence-corrected chi connectivity index (χ3v) is 9.58. The number of anilines is 2. The first-order chi connectivity index (χ1) is 20.1. The van der Waals surface area contributed by atoms with E-state index in [1.54, 1.807) is 16.7 Å². The quantitative estimate of drug-likeness (QED) is 0.280. The minimum absolute atomic E-state index is 0.00458. The van der Waals surface area contributed by atoms with Gasteiger partial charge in [-0.3, -0.25) is 4.40 Å². The number of nitrogens with one attached hydrogen (secondary N) is 1. The third kappa shape index (κ3) is 6.06. The number of rotatable bonds is 10. The molecule has 4 aromatic rings. The number of fused-ring (bicyclic) bond motifs is 1. The van der Waals surface area contributed by atoms with Gasteiger partial charge in [0.1, 0.15) is 4.90 Å². The van der Waals surface area contributed by atoms with Gasteiger partial charge in [-0.1, -0.05) is 11.6 Å². The largest absolute Gasteiger partial charge is 0.494 e. The van der Waals surface area contributed by atoms with Crippen molar-refractivity contribution in [1.29, 1.82) is 0 Å². The van der Waals surface area contributed by atoms with Crippen LogP contribution in [0, 0.1) is 11.6 Å². The maximum Gasteiger partial charge on any atom is 0.244 e. The average Bonchev–Trinajstić information content (AvgIpc) is 3.39. The molecule has 0 aliphatic carbocycles. The van der Waals surface area contributed by atoms with Gasteiger partial charge in [-0.25, -0.2) is 22.8 Å². The van der Waals surface area contributed by atoms with Crippen LogP contribution in [0.25, 0.3) is 16.9 Å². The normalized spacial score (nSPS) is 15.0. The summed E-state index contributed by atoms with van der Waals surface area (Å²) in [6.07, 6.45) is 5.50. The molecule has 0 saturated carbocycles. The Morgan fingerprint density at radius 1 is 1.07 bits per heavy atom. The van der Waals surface area contributed by atoms with Gasteiger partial charge in [-0.05, 0) is 63.9 Å². The van der Waals surface area contributed by atoms with E-state index in [2.05, 4.69) is 25.1 Å². The molecule has 0 radical (unpaired) electrons. The van der Waals surface area contributed by atoms with Gasteiger partial charge in [0.05, 0.1) is 24.0 Å². The van der Waals surface area contributed by atoms with Crippen LogP contribution in [0.5, 0.6) is 5.75 Å². The number of halogens is 3. The predicted molar refractivity (Wildman–Crippen MR) is 158 cm³/mol. The smallest absolute Gasteiger partial charge is 0.244 e. The average molecular weight is 620 g/mol. The molecule has 42 heavy (non-hydrogen) atoms. The van der Waals surface area contributed by atoms with E-state index >= 15 is 0 Å². The standard InChI is InChI=1S/C28H32ClF2N7O3S/c1-35(2)10-4-11-36-13-15-37(16-14-36)42(39,40)24-8-5-19(17-21(24)29)34-27-28-33-18-22(38(28)12-9-32-27)20-6-7-23(41-3)26(31)25(20)30/h5-9,12,17-18H,4,10-11,13-16H2,1-3H3,(H,32,34). The maximum atomic E-state index is 14.8. The number of ether oxygens (including phenoxy) is 1. The second-order valence-corrected chi connectivity index (χ2v) is 12.5. The fourth-order valence-corrected chi connectivity index (χ4v) is 6.90. The van der Waals surface area contributed by atoms with Crippen molar-refractivity contribution in [1.82, 2.24) is 28.5 Å². The van der Waals surface area contributed by atoms with Crippen LogP contribution in [0.15, 0.2) is 53.8 Å². The van der Waals surface area contributed by atoms with E-state index in [1.807, 2.05) is 14.1 Å². The second-order valence-electron chi connectivity index (χ2n) is 10.2. The lowest BCUT2D eigenvalue weighted by molar-refractivity contribution is 0.181. The molecule has 0 bridgehead atoms. The molecule has 2 aromatic carbocycles. The van der Waals surface area contributed by atoms with Crippen molar-refractivity contribution in [2.45, 2.75) is 11.3 Å². The van der Waals surface area contributed by atoms with E-state index in [1.165, 1.54) is 48.1 Å². The fourth-order valence-electron chi connectivity index (χ4n) is 4.96. The molecule has 1 fully saturated rings. The number of aromatic nitrogens is 3. The summed E-state index contributed by atoms with van der Waals surface area (Å²) in [6.45, 7) is 4.04. The van der Waals surface area contributed by atoms with Crippen molar-refractivity contribution < 1.29 is 21.9 Å².